The van der Waals surface area contributed by atoms with Gasteiger partial charge in [-0.3, -0.25) is 62.3 Å². The van der Waals surface area contributed by atoms with Gasteiger partial charge in [-0.05, 0) is 59.3 Å². The Bertz CT molecular complexity index is 2310. The molecular formula is C59H105N13O18. The van der Waals surface area contributed by atoms with E-state index in [1.54, 1.807) is 0 Å². The van der Waals surface area contributed by atoms with E-state index in [2.05, 4.69) is 67.0 Å². The van der Waals surface area contributed by atoms with Crippen LogP contribution < -0.4 is 70.4 Å². The largest absolute Gasteiger partial charge is 0.393 e. The third kappa shape index (κ3) is 34.8. The molecule has 1 aliphatic rings. The fraction of sp³-hybridized carbons (Fsp3) is 0.780. The zero-order valence-corrected chi connectivity index (χ0v) is 53.1. The number of amides is 13. The zero-order valence-electron chi connectivity index (χ0n) is 53.1. The topological polar surface area (TPSA) is 521 Å². The summed E-state index contributed by atoms with van der Waals surface area (Å²) in [7, 11) is 0. The van der Waals surface area contributed by atoms with E-state index in [9.17, 15) is 87.9 Å². The quantitative estimate of drug-likeness (QED) is 0.0285. The smallest absolute Gasteiger partial charge is 0.246 e. The number of hydrogen-bond donors (Lipinski definition) is 18. The first-order chi connectivity index (χ1) is 42.5. The summed E-state index contributed by atoms with van der Waals surface area (Å²) >= 11 is 0. The van der Waals surface area contributed by atoms with Gasteiger partial charge in [0.25, 0.3) is 0 Å². The Balaban J connectivity index is 3.78. The van der Waals surface area contributed by atoms with Crippen LogP contribution in [0.4, 0.5) is 0 Å². The van der Waals surface area contributed by atoms with Gasteiger partial charge in [0.2, 0.25) is 76.8 Å². The second-order valence-corrected chi connectivity index (χ2v) is 23.4. The maximum Gasteiger partial charge on any atom is 0.246 e. The number of hydrogen-bond acceptors (Lipinski definition) is 18. The predicted molar refractivity (Wildman–Crippen MR) is 327 cm³/mol. The Kier molecular flexibility index (Phi) is 40.6. The molecule has 0 bridgehead atoms. The lowest BCUT2D eigenvalue weighted by atomic mass is 10.0. The van der Waals surface area contributed by atoms with Crippen molar-refractivity contribution in [2.24, 2.45) is 17.2 Å². The molecule has 0 aliphatic carbocycles. The zero-order chi connectivity index (χ0) is 67.9. The molecule has 0 aromatic carbocycles. The van der Waals surface area contributed by atoms with Crippen molar-refractivity contribution < 1.29 is 87.9 Å². The van der Waals surface area contributed by atoms with E-state index in [4.69, 9.17) is 17.2 Å². The molecule has 0 aromatic heterocycles. The highest BCUT2D eigenvalue weighted by Crippen LogP contribution is 2.17. The first-order valence-corrected chi connectivity index (χ1v) is 31.7. The first kappa shape index (κ1) is 80.9. The van der Waals surface area contributed by atoms with E-state index < -0.39 is 188 Å². The minimum Gasteiger partial charge on any atom is -0.393 e. The number of carbonyl (C=O) groups is 13. The summed E-state index contributed by atoms with van der Waals surface area (Å²) in [4.78, 5) is 174. The van der Waals surface area contributed by atoms with Gasteiger partial charge < -0.3 is 95.9 Å². The Morgan fingerprint density at radius 1 is 0.433 bits per heavy atom. The third-order valence-electron chi connectivity index (χ3n) is 15.1. The van der Waals surface area contributed by atoms with Gasteiger partial charge in [0, 0.05) is 19.4 Å². The number of carbonyl (C=O) groups excluding carboxylic acids is 13. The minimum absolute atomic E-state index is 0.0169. The van der Waals surface area contributed by atoms with E-state index >= 15 is 0 Å². The van der Waals surface area contributed by atoms with Crippen molar-refractivity contribution in [3.63, 3.8) is 0 Å². The lowest BCUT2D eigenvalue weighted by molar-refractivity contribution is -0.139. The summed E-state index contributed by atoms with van der Waals surface area (Å²) < 4.78 is 0. The van der Waals surface area contributed by atoms with Crippen LogP contribution in [0, 0.1) is 0 Å². The van der Waals surface area contributed by atoms with E-state index in [-0.39, 0.29) is 25.8 Å². The van der Waals surface area contributed by atoms with Crippen LogP contribution in [-0.2, 0) is 62.3 Å². The molecule has 1 saturated heterocycles. The lowest BCUT2D eigenvalue weighted by Crippen LogP contribution is -2.63. The summed E-state index contributed by atoms with van der Waals surface area (Å²) in [5.74, 6) is -14.9. The van der Waals surface area contributed by atoms with E-state index in [1.807, 2.05) is 0 Å². The number of nitrogens with two attached hydrogens (primary N) is 3. The van der Waals surface area contributed by atoms with Gasteiger partial charge in [-0.1, -0.05) is 117 Å². The summed E-state index contributed by atoms with van der Waals surface area (Å²) in [6.07, 6.45) is 5.08. The molecule has 514 valence electrons. The van der Waals surface area contributed by atoms with Crippen molar-refractivity contribution >= 4 is 76.8 Å². The van der Waals surface area contributed by atoms with Crippen molar-refractivity contribution in [1.29, 1.82) is 0 Å². The van der Waals surface area contributed by atoms with Crippen LogP contribution in [0.5, 0.6) is 0 Å². The molecule has 13 unspecified atom stereocenters. The molecule has 0 spiro atoms. The van der Waals surface area contributed by atoms with Gasteiger partial charge in [0.15, 0.2) is 0 Å². The summed E-state index contributed by atoms with van der Waals surface area (Å²) in [6, 6.07) is -14.4. The number of rotatable bonds is 33. The van der Waals surface area contributed by atoms with E-state index in [0.29, 0.717) is 44.9 Å². The van der Waals surface area contributed by atoms with Crippen molar-refractivity contribution in [2.45, 2.75) is 280 Å². The molecule has 13 atom stereocenters. The molecule has 0 saturated carbocycles. The molecule has 13 amide bonds. The average Bonchev–Trinajstić information content (AvgIpc) is 2.80. The van der Waals surface area contributed by atoms with Crippen LogP contribution >= 0.6 is 0 Å². The number of aliphatic hydroxyl groups is 5. The number of nitrogens with one attached hydrogen (secondary N) is 10. The lowest BCUT2D eigenvalue weighted by Gasteiger charge is -2.29. The number of aliphatic hydroxyl groups excluding tert-OH is 5. The van der Waals surface area contributed by atoms with Gasteiger partial charge in [-0.25, -0.2) is 0 Å². The summed E-state index contributed by atoms with van der Waals surface area (Å²) in [5.41, 5.74) is 16.1. The Hall–Kier alpha value is -7.09. The molecule has 31 nitrogen and oxygen atoms in total. The molecule has 21 N–H and O–H groups in total. The highest BCUT2D eigenvalue weighted by atomic mass is 16.3. The molecule has 1 fully saturated rings. The number of primary amides is 3. The molecule has 90 heavy (non-hydrogen) atoms. The van der Waals surface area contributed by atoms with Crippen LogP contribution in [-0.4, -0.2) is 194 Å². The van der Waals surface area contributed by atoms with Crippen LogP contribution in [0.25, 0.3) is 0 Å². The second-order valence-electron chi connectivity index (χ2n) is 23.4. The molecule has 0 radical (unpaired) electrons. The fourth-order valence-corrected chi connectivity index (χ4v) is 9.70. The highest BCUT2D eigenvalue weighted by Gasteiger charge is 2.38. The van der Waals surface area contributed by atoms with Crippen molar-refractivity contribution in [3.8, 4) is 0 Å². The SMILES string of the molecule is CCCCCCCCCC(O)CCC1NC(=O)C(C(C)O)NC(=O)C(C(C)O)NC(=O)C(CC(O)C(N)=O)NC(=O)C(C)NC(=O)C(CC(N)=O)NC(=O)C(CC(N)=O)NC(=O)C(CCCCCCCC(O)CCCCCC)NC(=O)CCNC(=O)CNC1=O. The molecule has 1 rings (SSSR count). The predicted octanol–water partition coefficient (Wildman–Crippen LogP) is -3.39. The van der Waals surface area contributed by atoms with E-state index in [1.165, 1.54) is 0 Å². The van der Waals surface area contributed by atoms with Gasteiger partial charge in [-0.15, -0.1) is 0 Å². The first-order valence-electron chi connectivity index (χ1n) is 31.7. The molecular weight excluding hydrogens is 1180 g/mol. The molecule has 0 aromatic rings. The summed E-state index contributed by atoms with van der Waals surface area (Å²) in [5, 5.41) is 76.5. The Morgan fingerprint density at radius 3 is 1.33 bits per heavy atom. The Morgan fingerprint density at radius 2 is 0.833 bits per heavy atom. The van der Waals surface area contributed by atoms with Crippen molar-refractivity contribution in [2.75, 3.05) is 13.1 Å². The molecule has 31 heteroatoms. The van der Waals surface area contributed by atoms with E-state index in [0.717, 1.165) is 97.8 Å². The van der Waals surface area contributed by atoms with Crippen LogP contribution in [0.1, 0.15) is 202 Å². The maximum atomic E-state index is 14.1. The third-order valence-corrected chi connectivity index (χ3v) is 15.1. The van der Waals surface area contributed by atoms with Crippen LogP contribution in [0.15, 0.2) is 0 Å². The molecule has 1 aliphatic heterocycles. The fourth-order valence-electron chi connectivity index (χ4n) is 9.70. The maximum absolute atomic E-state index is 14.1. The van der Waals surface area contributed by atoms with Gasteiger partial charge in [0.1, 0.15) is 54.4 Å². The minimum atomic E-state index is -2.15. The Labute approximate surface area is 526 Å². The highest BCUT2D eigenvalue weighted by molar-refractivity contribution is 6.00. The van der Waals surface area contributed by atoms with Gasteiger partial charge >= 0.3 is 0 Å². The van der Waals surface area contributed by atoms with Crippen molar-refractivity contribution in [3.05, 3.63) is 0 Å². The summed E-state index contributed by atoms with van der Waals surface area (Å²) in [6.45, 7) is 6.31. The van der Waals surface area contributed by atoms with Crippen molar-refractivity contribution in [1.82, 2.24) is 53.2 Å². The average molecular weight is 1280 g/mol. The number of unbranched alkanes of at least 4 members (excludes halogenated alkanes) is 13. The normalized spacial score (nSPS) is 23.8. The molecule has 1 heterocycles. The second kappa shape index (κ2) is 45.2. The van der Waals surface area contributed by atoms with Crippen LogP contribution in [0.2, 0.25) is 0 Å². The monoisotopic (exact) mass is 1280 g/mol. The van der Waals surface area contributed by atoms with Gasteiger partial charge in [-0.2, -0.15) is 0 Å². The standard InChI is InChI=1S/C59H105N13O18/c1-6-8-10-12-13-15-20-24-38(76)26-27-40-53(84)64-33-48(81)63-29-28-47(80)66-39(25-21-17-14-16-19-23-37(75)22-18-11-9-7-2)54(85)69-43(32-46(61)79)56(87)70-42(31-45(60)78)55(86)65-34(3)52(83)68-41(30-44(77)51(62)82)57(88)71-50(36(5)74)59(90)72-49(35(4)73)58(89)67-40/h34-44,49-50,73-77H,6-33H2,1-5H3,(H2,60,78)(H2,61,79)(H2,62,82)(H,63,81)(H,64,84)(H,65,86)(H,66,80)(H,67,89)(H,68,83)(H,69,85)(H,70,87)(H,71,88)(H,72,90). The van der Waals surface area contributed by atoms with Crippen LogP contribution in [0.3, 0.4) is 0 Å². The van der Waals surface area contributed by atoms with Gasteiger partial charge in [0.05, 0.1) is 43.8 Å².